The van der Waals surface area contributed by atoms with E-state index < -0.39 is 17.0 Å². The summed E-state index contributed by atoms with van der Waals surface area (Å²) in [4.78, 5) is 24.1. The maximum Gasteiger partial charge on any atom is 0.269 e. The van der Waals surface area contributed by atoms with E-state index in [2.05, 4.69) is 11.4 Å². The smallest absolute Gasteiger partial charge is 0.269 e. The van der Waals surface area contributed by atoms with Crippen LogP contribution >= 0.6 is 0 Å². The first-order valence-corrected chi connectivity index (χ1v) is 6.73. The van der Waals surface area contributed by atoms with Crippen LogP contribution in [0.2, 0.25) is 0 Å². The van der Waals surface area contributed by atoms with Gasteiger partial charge >= 0.3 is 0 Å². The zero-order chi connectivity index (χ0) is 15.6. The van der Waals surface area contributed by atoms with Crippen LogP contribution in [0.15, 0.2) is 17.1 Å². The molecule has 1 aliphatic carbocycles. The third-order valence-corrected chi connectivity index (χ3v) is 3.82. The molecule has 1 saturated carbocycles. The molecule has 1 aromatic rings. The SMILES string of the molecule is Cc1ccn(CC(=O)N[C@@](C)(C#N)C2CC2)c(=O)c1C#N. The number of nitriles is 2. The lowest BCUT2D eigenvalue weighted by Gasteiger charge is -2.23. The second kappa shape index (κ2) is 5.41. The van der Waals surface area contributed by atoms with Crippen molar-refractivity contribution in [1.29, 1.82) is 10.5 Å². The highest BCUT2D eigenvalue weighted by molar-refractivity contribution is 5.77. The summed E-state index contributed by atoms with van der Waals surface area (Å²) in [6.45, 7) is 3.17. The first kappa shape index (κ1) is 14.8. The Morgan fingerprint density at radius 3 is 2.71 bits per heavy atom. The summed E-state index contributed by atoms with van der Waals surface area (Å²) < 4.78 is 1.19. The van der Waals surface area contributed by atoms with E-state index in [4.69, 9.17) is 5.26 Å². The van der Waals surface area contributed by atoms with Crippen molar-refractivity contribution in [2.45, 2.75) is 38.8 Å². The molecule has 6 heteroatoms. The Morgan fingerprint density at radius 1 is 1.52 bits per heavy atom. The van der Waals surface area contributed by atoms with Crippen LogP contribution in [0.1, 0.15) is 30.9 Å². The molecule has 2 rings (SSSR count). The van der Waals surface area contributed by atoms with Crippen molar-refractivity contribution >= 4 is 5.91 Å². The highest BCUT2D eigenvalue weighted by Crippen LogP contribution is 2.39. The zero-order valence-electron chi connectivity index (χ0n) is 12.0. The Morgan fingerprint density at radius 2 is 2.19 bits per heavy atom. The van der Waals surface area contributed by atoms with Crippen LogP contribution in [0.25, 0.3) is 0 Å². The quantitative estimate of drug-likeness (QED) is 0.885. The molecule has 0 spiro atoms. The minimum atomic E-state index is -0.885. The van der Waals surface area contributed by atoms with Gasteiger partial charge in [-0.25, -0.2) is 0 Å². The highest BCUT2D eigenvalue weighted by Gasteiger charge is 2.42. The Balaban J connectivity index is 2.16. The van der Waals surface area contributed by atoms with Crippen LogP contribution in [0, 0.1) is 35.5 Å². The fraction of sp³-hybridized carbons (Fsp3) is 0.467. The second-order valence-electron chi connectivity index (χ2n) is 5.56. The van der Waals surface area contributed by atoms with Crippen molar-refractivity contribution in [2.75, 3.05) is 0 Å². The summed E-state index contributed by atoms with van der Waals surface area (Å²) in [5.74, 6) is -0.225. The molecule has 0 bridgehead atoms. The molecule has 6 nitrogen and oxygen atoms in total. The number of nitrogens with one attached hydrogen (secondary N) is 1. The van der Waals surface area contributed by atoms with Gasteiger partial charge in [-0.1, -0.05) is 0 Å². The minimum absolute atomic E-state index is 0.0375. The Bertz CT molecular complexity index is 719. The molecule has 1 fully saturated rings. The first-order valence-electron chi connectivity index (χ1n) is 6.73. The van der Waals surface area contributed by atoms with Gasteiger partial charge in [-0.3, -0.25) is 9.59 Å². The average Bonchev–Trinajstić information content (AvgIpc) is 3.27. The molecule has 0 radical (unpaired) electrons. The summed E-state index contributed by atoms with van der Waals surface area (Å²) in [6, 6.07) is 5.60. The molecule has 1 heterocycles. The normalized spacial score (nSPS) is 16.4. The van der Waals surface area contributed by atoms with Gasteiger partial charge in [0.25, 0.3) is 5.56 Å². The van der Waals surface area contributed by atoms with Crippen LogP contribution in [0.4, 0.5) is 0 Å². The molecule has 1 amide bonds. The van der Waals surface area contributed by atoms with E-state index >= 15 is 0 Å². The van der Waals surface area contributed by atoms with Crippen LogP contribution in [0.3, 0.4) is 0 Å². The van der Waals surface area contributed by atoms with E-state index in [1.54, 1.807) is 19.9 Å². The van der Waals surface area contributed by atoms with Crippen molar-refractivity contribution in [3.8, 4) is 12.1 Å². The standard InChI is InChI=1S/C15H16N4O2/c1-10-5-6-19(14(21)12(10)7-16)8-13(20)18-15(2,9-17)11-3-4-11/h5-6,11H,3-4,8H2,1-2H3,(H,18,20)/t15-/m0/s1. The molecule has 21 heavy (non-hydrogen) atoms. The largest absolute Gasteiger partial charge is 0.336 e. The fourth-order valence-corrected chi connectivity index (χ4v) is 2.29. The summed E-state index contributed by atoms with van der Waals surface area (Å²) in [6.07, 6.45) is 3.33. The molecular weight excluding hydrogens is 268 g/mol. The monoisotopic (exact) mass is 284 g/mol. The number of carbonyl (C=O) groups is 1. The molecule has 1 aliphatic rings. The number of aromatic nitrogens is 1. The topological polar surface area (TPSA) is 98.7 Å². The lowest BCUT2D eigenvalue weighted by atomic mass is 9.98. The van der Waals surface area contributed by atoms with Gasteiger partial charge in [-0.15, -0.1) is 0 Å². The van der Waals surface area contributed by atoms with Crippen LogP contribution in [-0.4, -0.2) is 16.0 Å². The van der Waals surface area contributed by atoms with Crippen LogP contribution in [-0.2, 0) is 11.3 Å². The predicted octanol–water partition coefficient (Wildman–Crippen LogP) is 0.837. The van der Waals surface area contributed by atoms with Gasteiger partial charge in [0.1, 0.15) is 23.7 Å². The van der Waals surface area contributed by atoms with E-state index in [0.29, 0.717) is 5.56 Å². The van der Waals surface area contributed by atoms with E-state index in [1.165, 1.54) is 10.8 Å². The first-order chi connectivity index (χ1) is 9.91. The summed E-state index contributed by atoms with van der Waals surface area (Å²) >= 11 is 0. The fourth-order valence-electron chi connectivity index (χ4n) is 2.29. The molecule has 0 unspecified atom stereocenters. The van der Waals surface area contributed by atoms with Gasteiger partial charge in [0.15, 0.2) is 0 Å². The number of aryl methyl sites for hydroxylation is 1. The predicted molar refractivity (Wildman–Crippen MR) is 75.0 cm³/mol. The number of nitrogens with zero attached hydrogens (tertiary/aromatic N) is 3. The van der Waals surface area contributed by atoms with Gasteiger partial charge in [0, 0.05) is 6.20 Å². The van der Waals surface area contributed by atoms with E-state index in [0.717, 1.165) is 12.8 Å². The van der Waals surface area contributed by atoms with E-state index in [1.807, 2.05) is 6.07 Å². The Kier molecular flexibility index (Phi) is 3.82. The molecule has 1 aromatic heterocycles. The second-order valence-corrected chi connectivity index (χ2v) is 5.56. The summed E-state index contributed by atoms with van der Waals surface area (Å²) in [5, 5.41) is 20.9. The third kappa shape index (κ3) is 2.95. The molecular formula is C15H16N4O2. The maximum atomic E-state index is 12.1. The van der Waals surface area contributed by atoms with Crippen LogP contribution in [0.5, 0.6) is 0 Å². The van der Waals surface area contributed by atoms with Gasteiger partial charge in [0.2, 0.25) is 5.91 Å². The van der Waals surface area contributed by atoms with E-state index in [-0.39, 0.29) is 18.0 Å². The number of rotatable bonds is 4. The molecule has 0 saturated heterocycles. The molecule has 1 atom stereocenters. The molecule has 1 N–H and O–H groups in total. The van der Waals surface area contributed by atoms with Crippen molar-refractivity contribution in [2.24, 2.45) is 5.92 Å². The van der Waals surface area contributed by atoms with E-state index in [9.17, 15) is 14.9 Å². The van der Waals surface area contributed by atoms with Crippen molar-refractivity contribution in [3.05, 3.63) is 33.7 Å². The Hall–Kier alpha value is -2.60. The van der Waals surface area contributed by atoms with Gasteiger partial charge in [-0.05, 0) is 44.2 Å². The van der Waals surface area contributed by atoms with Crippen molar-refractivity contribution in [3.63, 3.8) is 0 Å². The highest BCUT2D eigenvalue weighted by atomic mass is 16.2. The maximum absolute atomic E-state index is 12.1. The summed E-state index contributed by atoms with van der Waals surface area (Å²) in [5.41, 5.74) is -0.754. The lowest BCUT2D eigenvalue weighted by Crippen LogP contribution is -2.48. The average molecular weight is 284 g/mol. The van der Waals surface area contributed by atoms with Gasteiger partial charge in [0.05, 0.1) is 6.07 Å². The van der Waals surface area contributed by atoms with Crippen LogP contribution < -0.4 is 10.9 Å². The minimum Gasteiger partial charge on any atom is -0.336 e. The lowest BCUT2D eigenvalue weighted by molar-refractivity contribution is -0.123. The molecule has 0 aliphatic heterocycles. The number of pyridine rings is 1. The van der Waals surface area contributed by atoms with Gasteiger partial charge < -0.3 is 9.88 Å². The summed E-state index contributed by atoms with van der Waals surface area (Å²) in [7, 11) is 0. The number of hydrogen-bond acceptors (Lipinski definition) is 4. The Labute approximate surface area is 122 Å². The number of carbonyl (C=O) groups excluding carboxylic acids is 1. The molecule has 108 valence electrons. The zero-order valence-corrected chi connectivity index (χ0v) is 12.0. The van der Waals surface area contributed by atoms with Crippen molar-refractivity contribution < 1.29 is 4.79 Å². The van der Waals surface area contributed by atoms with Gasteiger partial charge in [-0.2, -0.15) is 10.5 Å². The number of hydrogen-bond donors (Lipinski definition) is 1. The van der Waals surface area contributed by atoms with Crippen molar-refractivity contribution in [1.82, 2.24) is 9.88 Å². The third-order valence-electron chi connectivity index (χ3n) is 3.82. The number of amides is 1. The molecule has 0 aromatic carbocycles.